The number of hydrogen-bond donors (Lipinski definition) is 0. The molecule has 0 saturated heterocycles. The quantitative estimate of drug-likeness (QED) is 0.630. The van der Waals surface area contributed by atoms with Gasteiger partial charge in [0, 0.05) is 6.54 Å². The van der Waals surface area contributed by atoms with Crippen molar-refractivity contribution in [1.29, 1.82) is 0 Å². The molecule has 28 heavy (non-hydrogen) atoms. The summed E-state index contributed by atoms with van der Waals surface area (Å²) in [6.07, 6.45) is 0.615. The maximum atomic E-state index is 13.4. The van der Waals surface area contributed by atoms with E-state index >= 15 is 0 Å². The van der Waals surface area contributed by atoms with Crippen molar-refractivity contribution in [2.45, 2.75) is 16.7 Å². The lowest BCUT2D eigenvalue weighted by Crippen LogP contribution is -2.40. The van der Waals surface area contributed by atoms with E-state index in [0.29, 0.717) is 28.7 Å². The molecule has 1 aliphatic rings. The van der Waals surface area contributed by atoms with Gasteiger partial charge in [-0.2, -0.15) is 4.31 Å². The fraction of sp³-hybridized carbons (Fsp3) is 0.238. The first-order valence-electron chi connectivity index (χ1n) is 8.91. The molecule has 0 bridgehead atoms. The second-order valence-corrected chi connectivity index (χ2v) is 9.58. The molecule has 0 amide bonds. The molecule has 1 aliphatic heterocycles. The minimum atomic E-state index is -3.61. The van der Waals surface area contributed by atoms with Crippen LogP contribution >= 0.6 is 11.3 Å². The summed E-state index contributed by atoms with van der Waals surface area (Å²) >= 11 is 1.24. The van der Waals surface area contributed by atoms with Gasteiger partial charge >= 0.3 is 0 Å². The minimum absolute atomic E-state index is 0.359. The Morgan fingerprint density at radius 1 is 1.00 bits per heavy atom. The van der Waals surface area contributed by atoms with Gasteiger partial charge in [-0.1, -0.05) is 36.4 Å². The Morgan fingerprint density at radius 2 is 1.71 bits per heavy atom. The van der Waals surface area contributed by atoms with Crippen molar-refractivity contribution in [3.8, 4) is 11.5 Å². The van der Waals surface area contributed by atoms with Crippen LogP contribution < -0.4 is 9.47 Å². The molecule has 2 aromatic carbocycles. The number of methoxy groups -OCH3 is 2. The lowest BCUT2D eigenvalue weighted by Gasteiger charge is -2.36. The van der Waals surface area contributed by atoms with Crippen LogP contribution in [0.5, 0.6) is 11.5 Å². The molecule has 0 spiro atoms. The molecular formula is C21H21NO4S2. The van der Waals surface area contributed by atoms with E-state index in [1.807, 2.05) is 42.5 Å². The van der Waals surface area contributed by atoms with Gasteiger partial charge < -0.3 is 9.47 Å². The van der Waals surface area contributed by atoms with Gasteiger partial charge in [-0.15, -0.1) is 11.3 Å². The average molecular weight is 416 g/mol. The molecule has 1 atom stereocenters. The molecule has 0 saturated carbocycles. The predicted octanol–water partition coefficient (Wildman–Crippen LogP) is 4.10. The van der Waals surface area contributed by atoms with Crippen LogP contribution in [0.2, 0.25) is 0 Å². The van der Waals surface area contributed by atoms with Crippen molar-refractivity contribution < 1.29 is 17.9 Å². The van der Waals surface area contributed by atoms with Gasteiger partial charge in [0.25, 0.3) is 10.0 Å². The van der Waals surface area contributed by atoms with Crippen LogP contribution in [0.25, 0.3) is 0 Å². The zero-order valence-corrected chi connectivity index (χ0v) is 17.3. The average Bonchev–Trinajstić information content (AvgIpc) is 3.28. The van der Waals surface area contributed by atoms with Crippen LogP contribution in [-0.4, -0.2) is 33.5 Å². The third-order valence-corrected chi connectivity index (χ3v) is 8.24. The largest absolute Gasteiger partial charge is 0.493 e. The van der Waals surface area contributed by atoms with E-state index in [2.05, 4.69) is 0 Å². The van der Waals surface area contributed by atoms with E-state index in [1.54, 1.807) is 36.0 Å². The molecule has 3 aromatic rings. The lowest BCUT2D eigenvalue weighted by atomic mass is 9.89. The van der Waals surface area contributed by atoms with Crippen molar-refractivity contribution in [2.24, 2.45) is 0 Å². The number of nitrogens with zero attached hydrogens (tertiary/aromatic N) is 1. The summed E-state index contributed by atoms with van der Waals surface area (Å²) in [5.41, 5.74) is 2.93. The van der Waals surface area contributed by atoms with Gasteiger partial charge in [0.15, 0.2) is 11.5 Å². The van der Waals surface area contributed by atoms with Gasteiger partial charge in [0.05, 0.1) is 20.3 Å². The number of thiophene rings is 1. The number of benzene rings is 2. The predicted molar refractivity (Wildman–Crippen MR) is 110 cm³/mol. The Morgan fingerprint density at radius 3 is 2.36 bits per heavy atom. The highest BCUT2D eigenvalue weighted by Crippen LogP contribution is 2.43. The van der Waals surface area contributed by atoms with Gasteiger partial charge in [-0.05, 0) is 46.7 Å². The highest BCUT2D eigenvalue weighted by molar-refractivity contribution is 7.91. The van der Waals surface area contributed by atoms with Crippen LogP contribution in [0.4, 0.5) is 0 Å². The zero-order valence-electron chi connectivity index (χ0n) is 15.7. The first kappa shape index (κ1) is 19.0. The Balaban J connectivity index is 1.91. The maximum absolute atomic E-state index is 13.4. The highest BCUT2D eigenvalue weighted by atomic mass is 32.2. The molecule has 0 aliphatic carbocycles. The molecule has 0 unspecified atom stereocenters. The smallest absolute Gasteiger partial charge is 0.253 e. The highest BCUT2D eigenvalue weighted by Gasteiger charge is 2.38. The normalized spacial score (nSPS) is 17.1. The number of fused-ring (bicyclic) bond motifs is 1. The van der Waals surface area contributed by atoms with Gasteiger partial charge in [-0.3, -0.25) is 0 Å². The van der Waals surface area contributed by atoms with E-state index < -0.39 is 16.1 Å². The third-order valence-electron chi connectivity index (χ3n) is 5.00. The Hall–Kier alpha value is -2.35. The Bertz CT molecular complexity index is 1060. The molecule has 0 N–H and O–H groups in total. The summed E-state index contributed by atoms with van der Waals surface area (Å²) in [6.45, 7) is 0.405. The molecule has 1 aromatic heterocycles. The van der Waals surface area contributed by atoms with Crippen LogP contribution in [0, 0.1) is 0 Å². The number of sulfonamides is 1. The standard InChI is InChI=1S/C21H21NO4S2/c1-25-18-13-16-10-11-22(28(23,24)20-9-6-12-27-20)21(15-7-4-3-5-8-15)17(16)14-19(18)26-2/h3-9,12-14,21H,10-11H2,1-2H3/t21-/m0/s1. The minimum Gasteiger partial charge on any atom is -0.493 e. The van der Waals surface area contributed by atoms with Crippen molar-refractivity contribution in [2.75, 3.05) is 20.8 Å². The SMILES string of the molecule is COc1cc2c(cc1OC)[C@H](c1ccccc1)N(S(=O)(=O)c1cccs1)CC2. The van der Waals surface area contributed by atoms with Crippen LogP contribution in [0.15, 0.2) is 64.2 Å². The fourth-order valence-corrected chi connectivity index (χ4v) is 6.40. The summed E-state index contributed by atoms with van der Waals surface area (Å²) in [7, 11) is -0.420. The fourth-order valence-electron chi connectivity index (χ4n) is 3.69. The molecular weight excluding hydrogens is 394 g/mol. The summed E-state index contributed by atoms with van der Waals surface area (Å²) in [4.78, 5) is 0. The molecule has 0 radical (unpaired) electrons. The third kappa shape index (κ3) is 3.19. The van der Waals surface area contributed by atoms with Crippen molar-refractivity contribution in [3.05, 3.63) is 76.7 Å². The van der Waals surface area contributed by atoms with Gasteiger partial charge in [0.1, 0.15) is 4.21 Å². The summed E-state index contributed by atoms with van der Waals surface area (Å²) in [6, 6.07) is 16.6. The second-order valence-electron chi connectivity index (χ2n) is 6.52. The van der Waals surface area contributed by atoms with E-state index in [9.17, 15) is 8.42 Å². The zero-order chi connectivity index (χ0) is 19.7. The molecule has 146 valence electrons. The van der Waals surface area contributed by atoms with Gasteiger partial charge in [-0.25, -0.2) is 8.42 Å². The van der Waals surface area contributed by atoms with Crippen molar-refractivity contribution in [1.82, 2.24) is 4.31 Å². The van der Waals surface area contributed by atoms with E-state index in [0.717, 1.165) is 16.7 Å². The number of ether oxygens (including phenoxy) is 2. The van der Waals surface area contributed by atoms with E-state index in [-0.39, 0.29) is 0 Å². The summed E-state index contributed by atoms with van der Waals surface area (Å²) in [5, 5.41) is 1.79. The Labute approximate surface area is 169 Å². The maximum Gasteiger partial charge on any atom is 0.253 e. The van der Waals surface area contributed by atoms with Crippen molar-refractivity contribution >= 4 is 21.4 Å². The van der Waals surface area contributed by atoms with E-state index in [4.69, 9.17) is 9.47 Å². The van der Waals surface area contributed by atoms with Crippen molar-refractivity contribution in [3.63, 3.8) is 0 Å². The van der Waals surface area contributed by atoms with Crippen LogP contribution in [-0.2, 0) is 16.4 Å². The number of hydrogen-bond acceptors (Lipinski definition) is 5. The number of rotatable bonds is 5. The first-order valence-corrected chi connectivity index (χ1v) is 11.2. The van der Waals surface area contributed by atoms with Crippen LogP contribution in [0.3, 0.4) is 0 Å². The molecule has 5 nitrogen and oxygen atoms in total. The van der Waals surface area contributed by atoms with Crippen LogP contribution in [0.1, 0.15) is 22.7 Å². The lowest BCUT2D eigenvalue weighted by molar-refractivity contribution is 0.332. The molecule has 4 rings (SSSR count). The molecule has 2 heterocycles. The Kier molecular flexibility index (Phi) is 5.14. The van der Waals surface area contributed by atoms with Gasteiger partial charge in [0.2, 0.25) is 0 Å². The molecule has 7 heteroatoms. The summed E-state index contributed by atoms with van der Waals surface area (Å²) in [5.74, 6) is 1.25. The molecule has 0 fully saturated rings. The first-order chi connectivity index (χ1) is 13.6. The second kappa shape index (κ2) is 7.58. The monoisotopic (exact) mass is 415 g/mol. The summed E-state index contributed by atoms with van der Waals surface area (Å²) < 4.78 is 39.7. The van der Waals surface area contributed by atoms with E-state index in [1.165, 1.54) is 11.3 Å². The topological polar surface area (TPSA) is 55.8 Å².